The lowest BCUT2D eigenvalue weighted by atomic mass is 10.2. The zero-order valence-corrected chi connectivity index (χ0v) is 13.3. The van der Waals surface area contributed by atoms with Gasteiger partial charge >= 0.3 is 0 Å². The topological polar surface area (TPSA) is 76.7 Å². The number of amides is 1. The smallest absolute Gasteiger partial charge is 0.231 e. The van der Waals surface area contributed by atoms with Crippen LogP contribution in [0.3, 0.4) is 0 Å². The molecule has 7 heteroatoms. The molecule has 23 heavy (non-hydrogen) atoms. The van der Waals surface area contributed by atoms with Crippen molar-refractivity contribution in [1.29, 1.82) is 0 Å². The SMILES string of the molecule is O=C(CC[NH+]1CC[NH+](CCO)CC1)Nc1ccc2c(c1)OCO2. The summed E-state index contributed by atoms with van der Waals surface area (Å²) >= 11 is 0. The van der Waals surface area contributed by atoms with E-state index in [1.165, 1.54) is 9.80 Å². The molecule has 7 nitrogen and oxygen atoms in total. The average Bonchev–Trinajstić information content (AvgIpc) is 3.02. The van der Waals surface area contributed by atoms with Gasteiger partial charge in [0.25, 0.3) is 0 Å². The molecule has 3 rings (SSSR count). The summed E-state index contributed by atoms with van der Waals surface area (Å²) < 4.78 is 10.6. The van der Waals surface area contributed by atoms with Crippen molar-refractivity contribution in [2.24, 2.45) is 0 Å². The van der Waals surface area contributed by atoms with Gasteiger partial charge in [-0.1, -0.05) is 0 Å². The Hall–Kier alpha value is -1.83. The number of rotatable bonds is 6. The van der Waals surface area contributed by atoms with Gasteiger partial charge in [0, 0.05) is 11.8 Å². The third kappa shape index (κ3) is 4.34. The molecule has 0 bridgehead atoms. The maximum absolute atomic E-state index is 12.1. The third-order valence-corrected chi connectivity index (χ3v) is 4.49. The Bertz CT molecular complexity index is 544. The molecule has 1 saturated heterocycles. The molecule has 1 amide bonds. The lowest BCUT2D eigenvalue weighted by Crippen LogP contribution is -3.28. The molecule has 0 radical (unpaired) electrons. The van der Waals surface area contributed by atoms with Gasteiger partial charge in [-0.25, -0.2) is 0 Å². The molecule has 0 saturated carbocycles. The molecule has 0 unspecified atom stereocenters. The Morgan fingerprint density at radius 1 is 1.09 bits per heavy atom. The van der Waals surface area contributed by atoms with E-state index >= 15 is 0 Å². The minimum Gasteiger partial charge on any atom is -0.454 e. The van der Waals surface area contributed by atoms with E-state index in [4.69, 9.17) is 14.6 Å². The largest absolute Gasteiger partial charge is 0.454 e. The van der Waals surface area contributed by atoms with Crippen molar-refractivity contribution in [2.45, 2.75) is 6.42 Å². The first-order valence-electron chi connectivity index (χ1n) is 8.22. The summed E-state index contributed by atoms with van der Waals surface area (Å²) in [6, 6.07) is 5.44. The molecule has 2 heterocycles. The standard InChI is InChI=1S/C16H23N3O4/c20-10-9-19-7-5-18(6-8-19)4-3-16(21)17-13-1-2-14-15(11-13)23-12-22-14/h1-2,11,20H,3-10,12H2,(H,17,21)/p+2. The summed E-state index contributed by atoms with van der Waals surface area (Å²) in [5.41, 5.74) is 0.742. The van der Waals surface area contributed by atoms with Crippen molar-refractivity contribution in [3.8, 4) is 11.5 Å². The van der Waals surface area contributed by atoms with Gasteiger partial charge in [0.2, 0.25) is 12.7 Å². The molecule has 0 atom stereocenters. The van der Waals surface area contributed by atoms with Crippen molar-refractivity contribution >= 4 is 11.6 Å². The second kappa shape index (κ2) is 7.63. The number of hydrogen-bond donors (Lipinski definition) is 4. The van der Waals surface area contributed by atoms with Crippen LogP contribution in [-0.4, -0.2) is 63.7 Å². The number of hydrogen-bond acceptors (Lipinski definition) is 4. The molecule has 1 aromatic carbocycles. The van der Waals surface area contributed by atoms with Crippen molar-refractivity contribution in [3.63, 3.8) is 0 Å². The number of nitrogens with one attached hydrogen (secondary N) is 3. The van der Waals surface area contributed by atoms with Gasteiger partial charge < -0.3 is 29.7 Å². The monoisotopic (exact) mass is 323 g/mol. The Morgan fingerprint density at radius 2 is 1.78 bits per heavy atom. The Kier molecular flexibility index (Phi) is 5.32. The minimum atomic E-state index is 0.0292. The first kappa shape index (κ1) is 16.0. The fourth-order valence-corrected chi connectivity index (χ4v) is 3.10. The van der Waals surface area contributed by atoms with Gasteiger partial charge in [0.05, 0.1) is 19.6 Å². The number of carbonyl (C=O) groups is 1. The molecule has 2 aliphatic heterocycles. The van der Waals surface area contributed by atoms with Gasteiger partial charge in [0.15, 0.2) is 11.5 Å². The highest BCUT2D eigenvalue weighted by Gasteiger charge is 2.22. The summed E-state index contributed by atoms with van der Waals surface area (Å²) in [6.07, 6.45) is 0.513. The molecule has 0 aliphatic carbocycles. The van der Waals surface area contributed by atoms with Gasteiger partial charge in [-0.05, 0) is 12.1 Å². The van der Waals surface area contributed by atoms with Gasteiger partial charge in [-0.15, -0.1) is 0 Å². The van der Waals surface area contributed by atoms with E-state index in [-0.39, 0.29) is 19.3 Å². The number of ether oxygens (including phenoxy) is 2. The number of aliphatic hydroxyl groups is 1. The summed E-state index contributed by atoms with van der Waals surface area (Å²) in [4.78, 5) is 15.0. The van der Waals surface area contributed by atoms with Gasteiger partial charge in [0.1, 0.15) is 32.7 Å². The zero-order valence-electron chi connectivity index (χ0n) is 13.3. The molecule has 0 aromatic heterocycles. The quantitative estimate of drug-likeness (QED) is 0.468. The van der Waals surface area contributed by atoms with Gasteiger partial charge in [-0.2, -0.15) is 0 Å². The summed E-state index contributed by atoms with van der Waals surface area (Å²) in [5, 5.41) is 11.9. The molecule has 4 N–H and O–H groups in total. The van der Waals surface area contributed by atoms with E-state index in [0.29, 0.717) is 12.2 Å². The van der Waals surface area contributed by atoms with Crippen LogP contribution in [0.15, 0.2) is 18.2 Å². The number of aliphatic hydroxyl groups excluding tert-OH is 1. The maximum Gasteiger partial charge on any atom is 0.231 e. The van der Waals surface area contributed by atoms with Crippen LogP contribution < -0.4 is 24.6 Å². The maximum atomic E-state index is 12.1. The van der Waals surface area contributed by atoms with Crippen molar-refractivity contribution in [3.05, 3.63) is 18.2 Å². The molecule has 0 spiro atoms. The average molecular weight is 323 g/mol. The van der Waals surface area contributed by atoms with E-state index in [2.05, 4.69) is 5.32 Å². The summed E-state index contributed by atoms with van der Waals surface area (Å²) in [6.45, 7) is 6.43. The molecular weight excluding hydrogens is 298 g/mol. The number of carbonyl (C=O) groups excluding carboxylic acids is 1. The Balaban J connectivity index is 1.40. The number of quaternary nitrogens is 2. The fourth-order valence-electron chi connectivity index (χ4n) is 3.10. The van der Waals surface area contributed by atoms with Crippen LogP contribution in [0.4, 0.5) is 5.69 Å². The van der Waals surface area contributed by atoms with Crippen LogP contribution in [0.2, 0.25) is 0 Å². The lowest BCUT2D eigenvalue weighted by molar-refractivity contribution is -1.01. The second-order valence-corrected chi connectivity index (χ2v) is 6.09. The van der Waals surface area contributed by atoms with Crippen LogP contribution in [0.25, 0.3) is 0 Å². The number of piperazine rings is 1. The Labute approximate surface area is 135 Å². The zero-order chi connectivity index (χ0) is 16.1. The van der Waals surface area contributed by atoms with Crippen molar-refractivity contribution in [2.75, 3.05) is 58.0 Å². The van der Waals surface area contributed by atoms with E-state index in [1.54, 1.807) is 6.07 Å². The molecule has 1 aromatic rings. The molecule has 126 valence electrons. The van der Waals surface area contributed by atoms with E-state index in [9.17, 15) is 4.79 Å². The predicted octanol–water partition coefficient (Wildman–Crippen LogP) is -2.48. The fraction of sp³-hybridized carbons (Fsp3) is 0.562. The molecule has 1 fully saturated rings. The highest BCUT2D eigenvalue weighted by atomic mass is 16.7. The number of benzene rings is 1. The van der Waals surface area contributed by atoms with E-state index < -0.39 is 0 Å². The number of anilines is 1. The minimum absolute atomic E-state index is 0.0292. The predicted molar refractivity (Wildman–Crippen MR) is 84.0 cm³/mol. The first-order chi connectivity index (χ1) is 11.2. The van der Waals surface area contributed by atoms with Crippen molar-refractivity contribution in [1.82, 2.24) is 0 Å². The third-order valence-electron chi connectivity index (χ3n) is 4.49. The normalized spacial score (nSPS) is 22.8. The number of fused-ring (bicyclic) bond motifs is 1. The summed E-state index contributed by atoms with van der Waals surface area (Å²) in [5.74, 6) is 1.42. The van der Waals surface area contributed by atoms with Crippen LogP contribution in [-0.2, 0) is 4.79 Å². The van der Waals surface area contributed by atoms with Crippen LogP contribution in [0.1, 0.15) is 6.42 Å². The highest BCUT2D eigenvalue weighted by Crippen LogP contribution is 2.34. The van der Waals surface area contributed by atoms with Crippen LogP contribution in [0, 0.1) is 0 Å². The lowest BCUT2D eigenvalue weighted by Gasteiger charge is -2.29. The molecular formula is C16H25N3O4+2. The van der Waals surface area contributed by atoms with Crippen LogP contribution in [0.5, 0.6) is 11.5 Å². The highest BCUT2D eigenvalue weighted by molar-refractivity contribution is 5.91. The summed E-state index contributed by atoms with van der Waals surface area (Å²) in [7, 11) is 0. The van der Waals surface area contributed by atoms with E-state index in [1.807, 2.05) is 12.1 Å². The van der Waals surface area contributed by atoms with Crippen LogP contribution >= 0.6 is 0 Å². The van der Waals surface area contributed by atoms with Gasteiger partial charge in [-0.3, -0.25) is 4.79 Å². The first-order valence-corrected chi connectivity index (χ1v) is 8.22. The molecule has 2 aliphatic rings. The Morgan fingerprint density at radius 3 is 2.52 bits per heavy atom. The second-order valence-electron chi connectivity index (χ2n) is 6.09. The van der Waals surface area contributed by atoms with E-state index in [0.717, 1.165) is 50.7 Å². The van der Waals surface area contributed by atoms with Crippen molar-refractivity contribution < 1.29 is 29.2 Å².